The molecule has 1 aromatic heterocycles. The topological polar surface area (TPSA) is 126 Å². The van der Waals surface area contributed by atoms with Crippen LogP contribution in [0.5, 0.6) is 0 Å². The fourth-order valence-corrected chi connectivity index (χ4v) is 3.14. The van der Waals surface area contributed by atoms with Crippen LogP contribution in [0.3, 0.4) is 0 Å². The molecule has 0 aliphatic carbocycles. The number of likely N-dealkylation sites (tertiary alicyclic amines) is 1. The number of ether oxygens (including phenoxy) is 1. The van der Waals surface area contributed by atoms with E-state index < -0.39 is 12.0 Å². The third-order valence-electron chi connectivity index (χ3n) is 4.37. The Hall–Kier alpha value is -2.43. The van der Waals surface area contributed by atoms with Crippen molar-refractivity contribution in [2.45, 2.75) is 31.9 Å². The number of carbonyl (C=O) groups excluding carboxylic acids is 3. The normalized spacial score (nSPS) is 19.6. The predicted octanol–water partition coefficient (Wildman–Crippen LogP) is 0.205. The van der Waals surface area contributed by atoms with Crippen molar-refractivity contribution in [3.63, 3.8) is 0 Å². The Morgan fingerprint density at radius 2 is 2.11 bits per heavy atom. The Morgan fingerprint density at radius 1 is 1.36 bits per heavy atom. The van der Waals surface area contributed by atoms with Gasteiger partial charge in [0.1, 0.15) is 0 Å². The molecule has 1 saturated heterocycles. The van der Waals surface area contributed by atoms with Gasteiger partial charge >= 0.3 is 0 Å². The quantitative estimate of drug-likeness (QED) is 0.433. The van der Waals surface area contributed by atoms with Crippen molar-refractivity contribution in [3.8, 4) is 0 Å². The zero-order valence-electron chi connectivity index (χ0n) is 16.0. The van der Waals surface area contributed by atoms with Crippen LogP contribution in [0.4, 0.5) is 0 Å². The van der Waals surface area contributed by atoms with Gasteiger partial charge in [-0.25, -0.2) is 10.5 Å². The Labute approximate surface area is 167 Å². The zero-order chi connectivity index (χ0) is 20.7. The standard InChI is InChI=1S/C17H24ClN5O5/c1-4-10-15(18)21-16(19-10)17(26)20-11-7-8-23(9-12(11)27-2)14(25)6-5-13(24)22-28-3/h5-6,11-12H,4,7-9H2,1-3H3,(H,19,21)(H,20,26)(H,22,24)/t11-,12+/m1/s1. The molecule has 28 heavy (non-hydrogen) atoms. The molecule has 1 fully saturated rings. The molecule has 0 saturated carbocycles. The summed E-state index contributed by atoms with van der Waals surface area (Å²) in [5.74, 6) is -1.11. The van der Waals surface area contributed by atoms with Crippen LogP contribution < -0.4 is 10.8 Å². The molecule has 2 rings (SSSR count). The summed E-state index contributed by atoms with van der Waals surface area (Å²) in [6.07, 6.45) is 2.98. The van der Waals surface area contributed by atoms with Crippen LogP contribution in [-0.2, 0) is 25.6 Å². The molecule has 1 aromatic rings. The van der Waals surface area contributed by atoms with E-state index in [9.17, 15) is 14.4 Å². The summed E-state index contributed by atoms with van der Waals surface area (Å²) in [4.78, 5) is 49.0. The van der Waals surface area contributed by atoms with Gasteiger partial charge in [0.2, 0.25) is 5.91 Å². The van der Waals surface area contributed by atoms with Crippen molar-refractivity contribution in [1.82, 2.24) is 25.7 Å². The molecule has 10 nitrogen and oxygen atoms in total. The fraction of sp³-hybridized carbons (Fsp3) is 0.529. The highest BCUT2D eigenvalue weighted by Gasteiger charge is 2.32. The summed E-state index contributed by atoms with van der Waals surface area (Å²) in [6, 6.07) is -0.295. The maximum Gasteiger partial charge on any atom is 0.287 e. The molecule has 0 bridgehead atoms. The lowest BCUT2D eigenvalue weighted by atomic mass is 10.0. The van der Waals surface area contributed by atoms with Crippen molar-refractivity contribution in [1.29, 1.82) is 0 Å². The molecule has 0 spiro atoms. The van der Waals surface area contributed by atoms with E-state index in [0.717, 1.165) is 12.2 Å². The lowest BCUT2D eigenvalue weighted by Gasteiger charge is -2.37. The monoisotopic (exact) mass is 413 g/mol. The number of hydroxylamine groups is 1. The van der Waals surface area contributed by atoms with Crippen LogP contribution >= 0.6 is 11.6 Å². The zero-order valence-corrected chi connectivity index (χ0v) is 16.7. The number of nitrogens with one attached hydrogen (secondary N) is 3. The molecular weight excluding hydrogens is 390 g/mol. The third-order valence-corrected chi connectivity index (χ3v) is 4.68. The third kappa shape index (κ3) is 5.54. The van der Waals surface area contributed by atoms with E-state index >= 15 is 0 Å². The molecule has 3 amide bonds. The number of hydrogen-bond acceptors (Lipinski definition) is 6. The van der Waals surface area contributed by atoms with Gasteiger partial charge in [0.25, 0.3) is 11.8 Å². The number of carbonyl (C=O) groups is 3. The van der Waals surface area contributed by atoms with E-state index in [0.29, 0.717) is 25.1 Å². The number of hydrogen-bond donors (Lipinski definition) is 3. The van der Waals surface area contributed by atoms with E-state index in [-0.39, 0.29) is 35.4 Å². The number of aryl methyl sites for hydroxylation is 1. The number of amides is 3. The van der Waals surface area contributed by atoms with Crippen molar-refractivity contribution in [3.05, 3.63) is 28.8 Å². The van der Waals surface area contributed by atoms with E-state index in [1.54, 1.807) is 4.90 Å². The van der Waals surface area contributed by atoms with E-state index in [1.807, 2.05) is 6.92 Å². The highest BCUT2D eigenvalue weighted by atomic mass is 35.5. The lowest BCUT2D eigenvalue weighted by Crippen LogP contribution is -2.55. The smallest absolute Gasteiger partial charge is 0.287 e. The number of aromatic amines is 1. The minimum absolute atomic E-state index is 0.141. The minimum atomic E-state index is -0.537. The van der Waals surface area contributed by atoms with E-state index in [4.69, 9.17) is 16.3 Å². The van der Waals surface area contributed by atoms with E-state index in [2.05, 4.69) is 25.6 Å². The first-order valence-electron chi connectivity index (χ1n) is 8.77. The number of H-pyrrole nitrogens is 1. The summed E-state index contributed by atoms with van der Waals surface area (Å²) in [7, 11) is 2.81. The van der Waals surface area contributed by atoms with Crippen LogP contribution in [0.1, 0.15) is 29.7 Å². The second-order valence-electron chi connectivity index (χ2n) is 6.14. The number of piperidine rings is 1. The molecule has 1 aliphatic rings. The SMILES string of the molecule is CCc1[nH]c(C(=O)N[C@@H]2CCN(C(=O)C=CC(=O)NOC)C[C@@H]2OC)nc1Cl. The minimum Gasteiger partial charge on any atom is -0.377 e. The highest BCUT2D eigenvalue weighted by Crippen LogP contribution is 2.16. The predicted molar refractivity (Wildman–Crippen MR) is 101 cm³/mol. The van der Waals surface area contributed by atoms with Gasteiger partial charge in [-0.15, -0.1) is 0 Å². The molecular formula is C17H24ClN5O5. The summed E-state index contributed by atoms with van der Waals surface area (Å²) in [5, 5.41) is 3.15. The second kappa shape index (κ2) is 10.2. The number of nitrogens with zero attached hydrogens (tertiary/aromatic N) is 2. The van der Waals surface area contributed by atoms with Gasteiger partial charge in [-0.05, 0) is 12.8 Å². The highest BCUT2D eigenvalue weighted by molar-refractivity contribution is 6.30. The van der Waals surface area contributed by atoms with Crippen molar-refractivity contribution >= 4 is 29.3 Å². The molecule has 0 unspecified atom stereocenters. The molecule has 1 aliphatic heterocycles. The van der Waals surface area contributed by atoms with Gasteiger partial charge in [-0.2, -0.15) is 0 Å². The average molecular weight is 414 g/mol. The van der Waals surface area contributed by atoms with Crippen molar-refractivity contribution in [2.75, 3.05) is 27.3 Å². The molecule has 11 heteroatoms. The molecule has 0 radical (unpaired) electrons. The van der Waals surface area contributed by atoms with Crippen LogP contribution in [0.2, 0.25) is 5.15 Å². The van der Waals surface area contributed by atoms with Gasteiger partial charge in [0.05, 0.1) is 24.9 Å². The number of imidazole rings is 1. The molecule has 0 aromatic carbocycles. The van der Waals surface area contributed by atoms with Gasteiger partial charge in [0.15, 0.2) is 11.0 Å². The van der Waals surface area contributed by atoms with Crippen LogP contribution in [0.25, 0.3) is 0 Å². The van der Waals surface area contributed by atoms with Crippen LogP contribution in [0.15, 0.2) is 12.2 Å². The van der Waals surface area contributed by atoms with Crippen LogP contribution in [-0.4, -0.2) is 72.0 Å². The Bertz CT molecular complexity index is 750. The fourth-order valence-electron chi connectivity index (χ4n) is 2.87. The average Bonchev–Trinajstić information content (AvgIpc) is 3.07. The largest absolute Gasteiger partial charge is 0.377 e. The first kappa shape index (κ1) is 21.9. The molecule has 2 atom stereocenters. The summed E-state index contributed by atoms with van der Waals surface area (Å²) in [5.41, 5.74) is 2.79. The number of aromatic nitrogens is 2. The lowest BCUT2D eigenvalue weighted by molar-refractivity contribution is -0.131. The maximum absolute atomic E-state index is 12.4. The van der Waals surface area contributed by atoms with E-state index in [1.165, 1.54) is 14.2 Å². The van der Waals surface area contributed by atoms with Crippen molar-refractivity contribution in [2.24, 2.45) is 0 Å². The molecule has 2 heterocycles. The molecule has 3 N–H and O–H groups in total. The first-order valence-corrected chi connectivity index (χ1v) is 9.15. The van der Waals surface area contributed by atoms with Crippen LogP contribution in [0, 0.1) is 0 Å². The number of rotatable bonds is 7. The summed E-state index contributed by atoms with van der Waals surface area (Å²) >= 11 is 5.98. The van der Waals surface area contributed by atoms with Gasteiger partial charge in [-0.1, -0.05) is 18.5 Å². The summed E-state index contributed by atoms with van der Waals surface area (Å²) in [6.45, 7) is 2.58. The first-order chi connectivity index (χ1) is 13.4. The van der Waals surface area contributed by atoms with Crippen molar-refractivity contribution < 1.29 is 24.0 Å². The number of halogens is 1. The Morgan fingerprint density at radius 3 is 2.71 bits per heavy atom. The van der Waals surface area contributed by atoms with Gasteiger partial charge in [0, 0.05) is 32.4 Å². The van der Waals surface area contributed by atoms with Gasteiger partial charge < -0.3 is 19.9 Å². The summed E-state index contributed by atoms with van der Waals surface area (Å²) < 4.78 is 5.45. The van der Waals surface area contributed by atoms with Gasteiger partial charge in [-0.3, -0.25) is 19.2 Å². The number of methoxy groups -OCH3 is 1. The Kier molecular flexibility index (Phi) is 7.97. The second-order valence-corrected chi connectivity index (χ2v) is 6.50. The maximum atomic E-state index is 12.4. The Balaban J connectivity index is 1.95. The molecule has 154 valence electrons.